The summed E-state index contributed by atoms with van der Waals surface area (Å²) in [6.45, 7) is 7.36. The predicted molar refractivity (Wildman–Crippen MR) is 155 cm³/mol. The standard InChI is InChI=1S/C29H24N.C5H8O2.Ir/c1-20(2)16-21-17-24(22-8-4-3-5-9-22)19-25(18-21)29-28-13-12-23-10-6-7-11-26(23)27(28)14-15-30-29;1-4(6)3-5(2)7;/h3-15,17,19-20H,16H2,1-2H3;3,6H,1-2H3;/q-1;;/b;4-3-;. The van der Waals surface area contributed by atoms with Crippen LogP contribution in [0.5, 0.6) is 0 Å². The topological polar surface area (TPSA) is 50.2 Å². The molecule has 1 heterocycles. The maximum atomic E-state index is 10.0. The van der Waals surface area contributed by atoms with Crippen molar-refractivity contribution >= 4 is 27.3 Å². The van der Waals surface area contributed by atoms with Crippen LogP contribution in [0, 0.1) is 12.0 Å². The molecule has 0 atom stereocenters. The third-order valence-electron chi connectivity index (χ3n) is 6.00. The number of rotatable bonds is 5. The van der Waals surface area contributed by atoms with E-state index >= 15 is 0 Å². The number of ketones is 1. The van der Waals surface area contributed by atoms with Crippen LogP contribution in [0.15, 0.2) is 103 Å². The zero-order chi connectivity index (χ0) is 26.4. The Hall–Kier alpha value is -3.59. The van der Waals surface area contributed by atoms with Crippen LogP contribution >= 0.6 is 0 Å². The van der Waals surface area contributed by atoms with Crippen molar-refractivity contribution in [1.29, 1.82) is 0 Å². The monoisotopic (exact) mass is 679 g/mol. The first-order valence-electron chi connectivity index (χ1n) is 12.6. The van der Waals surface area contributed by atoms with Crippen molar-refractivity contribution < 1.29 is 30.0 Å². The molecule has 1 N–H and O–H groups in total. The fourth-order valence-corrected chi connectivity index (χ4v) is 4.55. The molecular weight excluding hydrogens is 647 g/mol. The van der Waals surface area contributed by atoms with Gasteiger partial charge in [0, 0.05) is 32.4 Å². The van der Waals surface area contributed by atoms with Crippen molar-refractivity contribution in [2.75, 3.05) is 0 Å². The molecule has 5 rings (SSSR count). The Morgan fingerprint density at radius 1 is 0.868 bits per heavy atom. The molecule has 1 radical (unpaired) electrons. The van der Waals surface area contributed by atoms with Gasteiger partial charge in [-0.25, -0.2) is 0 Å². The number of carbonyl (C=O) groups is 1. The van der Waals surface area contributed by atoms with E-state index in [1.165, 1.54) is 58.2 Å². The summed E-state index contributed by atoms with van der Waals surface area (Å²) in [5, 5.41) is 13.3. The normalized spacial score (nSPS) is 11.1. The van der Waals surface area contributed by atoms with Crippen LogP contribution in [0.3, 0.4) is 0 Å². The Labute approximate surface area is 238 Å². The van der Waals surface area contributed by atoms with Crippen LogP contribution in [0.4, 0.5) is 0 Å². The minimum absolute atomic E-state index is 0. The molecule has 0 unspecified atom stereocenters. The predicted octanol–water partition coefficient (Wildman–Crippen LogP) is 8.76. The van der Waals surface area contributed by atoms with Crippen molar-refractivity contribution in [2.24, 2.45) is 5.92 Å². The summed E-state index contributed by atoms with van der Waals surface area (Å²) in [6, 6.07) is 33.8. The minimum atomic E-state index is -0.125. The third kappa shape index (κ3) is 7.25. The molecule has 0 bridgehead atoms. The van der Waals surface area contributed by atoms with Gasteiger partial charge in [-0.3, -0.25) is 4.79 Å². The maximum absolute atomic E-state index is 10.0. The average Bonchev–Trinajstić information content (AvgIpc) is 2.88. The number of aliphatic hydroxyl groups excluding tert-OH is 1. The van der Waals surface area contributed by atoms with Crippen LogP contribution in [0.1, 0.15) is 33.3 Å². The summed E-state index contributed by atoms with van der Waals surface area (Å²) in [5.74, 6) is 0.511. The van der Waals surface area contributed by atoms with E-state index in [1.54, 1.807) is 0 Å². The number of benzene rings is 4. The average molecular weight is 679 g/mol. The SMILES string of the molecule is CC(=O)/C=C(/C)O.CC(C)Cc1[c-]c(-c2nccc3c2ccc2ccccc23)cc(-c2ccccc2)c1.[Ir]. The van der Waals surface area contributed by atoms with Crippen LogP contribution < -0.4 is 0 Å². The maximum Gasteiger partial charge on any atom is 0.155 e. The van der Waals surface area contributed by atoms with E-state index in [0.29, 0.717) is 5.92 Å². The van der Waals surface area contributed by atoms with E-state index in [-0.39, 0.29) is 31.6 Å². The van der Waals surface area contributed by atoms with Crippen molar-refractivity contribution in [2.45, 2.75) is 34.1 Å². The van der Waals surface area contributed by atoms with E-state index < -0.39 is 0 Å². The fourth-order valence-electron chi connectivity index (χ4n) is 4.55. The van der Waals surface area contributed by atoms with E-state index in [9.17, 15) is 4.79 Å². The van der Waals surface area contributed by atoms with Crippen LogP contribution in [-0.2, 0) is 31.3 Å². The Kier molecular flexibility index (Phi) is 10.1. The molecule has 0 aliphatic rings. The zero-order valence-corrected chi connectivity index (χ0v) is 24.6. The molecule has 0 aliphatic carbocycles. The van der Waals surface area contributed by atoms with Crippen molar-refractivity contribution in [3.63, 3.8) is 0 Å². The number of aromatic nitrogens is 1. The second-order valence-corrected chi connectivity index (χ2v) is 9.71. The van der Waals surface area contributed by atoms with Crippen LogP contribution in [0.2, 0.25) is 0 Å². The summed E-state index contributed by atoms with van der Waals surface area (Å²) in [6.07, 6.45) is 4.09. The quantitative estimate of drug-likeness (QED) is 0.0876. The molecule has 0 amide bonds. The summed E-state index contributed by atoms with van der Waals surface area (Å²) in [7, 11) is 0. The number of pyridine rings is 1. The van der Waals surface area contributed by atoms with Crippen molar-refractivity contribution in [3.05, 3.63) is 115 Å². The number of hydrogen-bond acceptors (Lipinski definition) is 3. The molecule has 0 fully saturated rings. The van der Waals surface area contributed by atoms with Crippen molar-refractivity contribution in [1.82, 2.24) is 4.98 Å². The van der Waals surface area contributed by atoms with E-state index in [4.69, 9.17) is 10.1 Å². The third-order valence-corrected chi connectivity index (χ3v) is 6.00. The van der Waals surface area contributed by atoms with E-state index in [2.05, 4.69) is 105 Å². The minimum Gasteiger partial charge on any atom is -0.512 e. The van der Waals surface area contributed by atoms with E-state index in [0.717, 1.165) is 17.7 Å². The molecule has 4 heteroatoms. The zero-order valence-electron chi connectivity index (χ0n) is 22.2. The first-order valence-corrected chi connectivity index (χ1v) is 12.6. The van der Waals surface area contributed by atoms with Gasteiger partial charge < -0.3 is 10.1 Å². The van der Waals surface area contributed by atoms with Crippen molar-refractivity contribution in [3.8, 4) is 22.4 Å². The van der Waals surface area contributed by atoms with E-state index in [1.807, 2.05) is 6.20 Å². The molecule has 0 saturated carbocycles. The number of aliphatic hydroxyl groups is 1. The van der Waals surface area contributed by atoms with Gasteiger partial charge >= 0.3 is 0 Å². The second kappa shape index (κ2) is 13.3. The Morgan fingerprint density at radius 3 is 2.24 bits per heavy atom. The Morgan fingerprint density at radius 2 is 1.58 bits per heavy atom. The molecule has 0 spiro atoms. The summed E-state index contributed by atoms with van der Waals surface area (Å²) in [5.41, 5.74) is 5.75. The van der Waals surface area contributed by atoms with Gasteiger partial charge in [-0.05, 0) is 65.1 Å². The van der Waals surface area contributed by atoms with Gasteiger partial charge in [-0.1, -0.05) is 80.6 Å². The summed E-state index contributed by atoms with van der Waals surface area (Å²) < 4.78 is 0. The molecule has 38 heavy (non-hydrogen) atoms. The van der Waals surface area contributed by atoms with Crippen LogP contribution in [0.25, 0.3) is 43.9 Å². The molecule has 5 aromatic rings. The number of hydrogen-bond donors (Lipinski definition) is 1. The smallest absolute Gasteiger partial charge is 0.155 e. The number of fused-ring (bicyclic) bond motifs is 3. The fraction of sp³-hybridized carbons (Fsp3) is 0.176. The molecular formula is C34H32IrNO2-. The molecule has 4 aromatic carbocycles. The first kappa shape index (κ1) is 29.0. The molecule has 1 aromatic heterocycles. The molecule has 3 nitrogen and oxygen atoms in total. The van der Waals surface area contributed by atoms with Gasteiger partial charge in [0.1, 0.15) is 0 Å². The largest absolute Gasteiger partial charge is 0.512 e. The molecule has 195 valence electrons. The summed E-state index contributed by atoms with van der Waals surface area (Å²) in [4.78, 5) is 14.8. The van der Waals surface area contributed by atoms with Gasteiger partial charge in [0.2, 0.25) is 0 Å². The van der Waals surface area contributed by atoms with Gasteiger partial charge in [-0.15, -0.1) is 34.9 Å². The molecule has 0 saturated heterocycles. The number of carbonyl (C=O) groups excluding carboxylic acids is 1. The first-order chi connectivity index (χ1) is 17.8. The Balaban J connectivity index is 0.000000444. The molecule has 0 aliphatic heterocycles. The van der Waals surface area contributed by atoms with Gasteiger partial charge in [0.05, 0.1) is 5.76 Å². The number of nitrogens with zero attached hydrogens (tertiary/aromatic N) is 1. The Bertz CT molecular complexity index is 1570. The number of allylic oxidation sites excluding steroid dienone is 2. The second-order valence-electron chi connectivity index (χ2n) is 9.71. The van der Waals surface area contributed by atoms with Gasteiger partial charge in [0.25, 0.3) is 0 Å². The van der Waals surface area contributed by atoms with Crippen LogP contribution in [-0.4, -0.2) is 15.9 Å². The van der Waals surface area contributed by atoms with Gasteiger partial charge in [-0.2, -0.15) is 0 Å². The van der Waals surface area contributed by atoms with Gasteiger partial charge in [0.15, 0.2) is 5.78 Å². The summed E-state index contributed by atoms with van der Waals surface area (Å²) >= 11 is 0.